The molecular formula is C29H30F3N3O5. The van der Waals surface area contributed by atoms with Crippen molar-refractivity contribution in [1.29, 1.82) is 0 Å². The standard InChI is InChI=1S/C29H30F3N3O5/c1-2-3-18-40-24-14-12-23(13-15-24)34-28(39)35-26(20-8-10-22(11-9-20)29(30,31)32)19-4-6-21(7-5-19)27(38)33-17-16-25(36)37/h4-15,26H,2-3,16-18H2,1H3,(H,33,38)(H,36,37)(H2,34,35,39). The normalized spacial score (nSPS) is 11.8. The molecule has 0 saturated heterocycles. The van der Waals surface area contributed by atoms with E-state index in [9.17, 15) is 27.6 Å². The number of carboxylic acids is 1. The molecule has 1 atom stereocenters. The number of benzene rings is 3. The summed E-state index contributed by atoms with van der Waals surface area (Å²) in [5.74, 6) is -0.864. The van der Waals surface area contributed by atoms with Gasteiger partial charge in [0.2, 0.25) is 0 Å². The van der Waals surface area contributed by atoms with Crippen LogP contribution in [0.1, 0.15) is 59.3 Å². The highest BCUT2D eigenvalue weighted by Gasteiger charge is 2.30. The fourth-order valence-electron chi connectivity index (χ4n) is 3.70. The minimum absolute atomic E-state index is 0.0440. The molecule has 0 aliphatic rings. The van der Waals surface area contributed by atoms with Crippen LogP contribution in [-0.2, 0) is 11.0 Å². The maximum absolute atomic E-state index is 13.1. The number of ether oxygens (including phenoxy) is 1. The number of halogens is 3. The molecule has 0 bridgehead atoms. The lowest BCUT2D eigenvalue weighted by molar-refractivity contribution is -0.138. The average Bonchev–Trinajstić information content (AvgIpc) is 2.92. The molecule has 212 valence electrons. The summed E-state index contributed by atoms with van der Waals surface area (Å²) in [4.78, 5) is 35.8. The van der Waals surface area contributed by atoms with Crippen LogP contribution in [0.2, 0.25) is 0 Å². The van der Waals surface area contributed by atoms with E-state index in [-0.39, 0.29) is 18.5 Å². The molecule has 0 spiro atoms. The molecule has 3 aromatic rings. The van der Waals surface area contributed by atoms with Crippen molar-refractivity contribution in [3.8, 4) is 5.75 Å². The van der Waals surface area contributed by atoms with Crippen LogP contribution in [-0.4, -0.2) is 36.2 Å². The molecular weight excluding hydrogens is 527 g/mol. The van der Waals surface area contributed by atoms with E-state index in [0.717, 1.165) is 25.0 Å². The second kappa shape index (κ2) is 14.0. The molecule has 0 heterocycles. The van der Waals surface area contributed by atoms with Crippen molar-refractivity contribution >= 4 is 23.6 Å². The molecule has 3 aromatic carbocycles. The fraction of sp³-hybridized carbons (Fsp3) is 0.276. The minimum Gasteiger partial charge on any atom is -0.494 e. The number of carboxylic acid groups (broad SMARTS) is 1. The van der Waals surface area contributed by atoms with Crippen molar-refractivity contribution < 1.29 is 37.4 Å². The van der Waals surface area contributed by atoms with Crippen LogP contribution in [0.3, 0.4) is 0 Å². The number of rotatable bonds is 12. The summed E-state index contributed by atoms with van der Waals surface area (Å²) in [6.07, 6.45) is -2.82. The molecule has 3 amide bonds. The van der Waals surface area contributed by atoms with E-state index in [0.29, 0.717) is 29.2 Å². The summed E-state index contributed by atoms with van der Waals surface area (Å²) >= 11 is 0. The van der Waals surface area contributed by atoms with E-state index in [1.807, 2.05) is 0 Å². The molecule has 4 N–H and O–H groups in total. The van der Waals surface area contributed by atoms with E-state index in [1.165, 1.54) is 24.3 Å². The summed E-state index contributed by atoms with van der Waals surface area (Å²) < 4.78 is 44.9. The van der Waals surface area contributed by atoms with Gasteiger partial charge in [-0.1, -0.05) is 37.6 Å². The number of urea groups is 1. The van der Waals surface area contributed by atoms with Crippen LogP contribution in [0.25, 0.3) is 0 Å². The second-order valence-electron chi connectivity index (χ2n) is 8.90. The molecule has 0 aliphatic carbocycles. The molecule has 0 radical (unpaired) electrons. The summed E-state index contributed by atoms with van der Waals surface area (Å²) in [6.45, 7) is 2.60. The summed E-state index contributed by atoms with van der Waals surface area (Å²) in [5, 5.41) is 16.7. The van der Waals surface area contributed by atoms with Gasteiger partial charge in [-0.2, -0.15) is 13.2 Å². The lowest BCUT2D eigenvalue weighted by atomic mass is 9.96. The number of carbonyl (C=O) groups is 3. The van der Waals surface area contributed by atoms with Crippen molar-refractivity contribution in [2.24, 2.45) is 0 Å². The first-order valence-electron chi connectivity index (χ1n) is 12.6. The summed E-state index contributed by atoms with van der Waals surface area (Å²) in [6, 6.07) is 15.9. The van der Waals surface area contributed by atoms with Gasteiger partial charge in [-0.3, -0.25) is 9.59 Å². The molecule has 8 nitrogen and oxygen atoms in total. The van der Waals surface area contributed by atoms with Gasteiger partial charge in [0.05, 0.1) is 24.6 Å². The van der Waals surface area contributed by atoms with Gasteiger partial charge in [-0.05, 0) is 66.1 Å². The molecule has 3 rings (SSSR count). The van der Waals surface area contributed by atoms with Crippen LogP contribution in [0.15, 0.2) is 72.8 Å². The highest BCUT2D eigenvalue weighted by atomic mass is 19.4. The third-order valence-electron chi connectivity index (χ3n) is 5.86. The van der Waals surface area contributed by atoms with Gasteiger partial charge in [-0.15, -0.1) is 0 Å². The number of carbonyl (C=O) groups excluding carboxylic acids is 2. The molecule has 0 aromatic heterocycles. The number of hydrogen-bond acceptors (Lipinski definition) is 4. The first-order valence-corrected chi connectivity index (χ1v) is 12.6. The van der Waals surface area contributed by atoms with Crippen molar-refractivity contribution in [2.75, 3.05) is 18.5 Å². The zero-order chi connectivity index (χ0) is 29.1. The lowest BCUT2D eigenvalue weighted by Crippen LogP contribution is -2.33. The van der Waals surface area contributed by atoms with Gasteiger partial charge in [-0.25, -0.2) is 4.79 Å². The minimum atomic E-state index is -4.51. The second-order valence-corrected chi connectivity index (χ2v) is 8.90. The molecule has 0 aliphatic heterocycles. The van der Waals surface area contributed by atoms with E-state index in [4.69, 9.17) is 9.84 Å². The van der Waals surface area contributed by atoms with Gasteiger partial charge < -0.3 is 25.8 Å². The van der Waals surface area contributed by atoms with Gasteiger partial charge >= 0.3 is 18.2 Å². The maximum Gasteiger partial charge on any atom is 0.416 e. The highest BCUT2D eigenvalue weighted by Crippen LogP contribution is 2.31. The highest BCUT2D eigenvalue weighted by molar-refractivity contribution is 5.94. The Balaban J connectivity index is 1.77. The first-order chi connectivity index (χ1) is 19.1. The number of hydrogen-bond donors (Lipinski definition) is 4. The average molecular weight is 558 g/mol. The van der Waals surface area contributed by atoms with Crippen molar-refractivity contribution in [3.05, 3.63) is 95.1 Å². The largest absolute Gasteiger partial charge is 0.494 e. The molecule has 0 fully saturated rings. The summed E-state index contributed by atoms with van der Waals surface area (Å²) in [5.41, 5.74) is 0.818. The Morgan fingerprint density at radius 1 is 0.900 bits per heavy atom. The van der Waals surface area contributed by atoms with Gasteiger partial charge in [0.25, 0.3) is 5.91 Å². The zero-order valence-corrected chi connectivity index (χ0v) is 21.8. The predicted molar refractivity (Wildman–Crippen MR) is 143 cm³/mol. The Kier molecular flexibility index (Phi) is 10.5. The van der Waals surface area contributed by atoms with Crippen LogP contribution in [0, 0.1) is 0 Å². The number of unbranched alkanes of at least 4 members (excludes halogenated alkanes) is 1. The van der Waals surface area contributed by atoms with E-state index >= 15 is 0 Å². The maximum atomic E-state index is 13.1. The lowest BCUT2D eigenvalue weighted by Gasteiger charge is -2.21. The van der Waals surface area contributed by atoms with Crippen LogP contribution >= 0.6 is 0 Å². The number of nitrogens with one attached hydrogen (secondary N) is 3. The third kappa shape index (κ3) is 9.04. The SMILES string of the molecule is CCCCOc1ccc(NC(=O)NC(c2ccc(C(=O)NCCC(=O)O)cc2)c2ccc(C(F)(F)F)cc2)cc1. The monoisotopic (exact) mass is 557 g/mol. The smallest absolute Gasteiger partial charge is 0.416 e. The topological polar surface area (TPSA) is 117 Å². The summed E-state index contributed by atoms with van der Waals surface area (Å²) in [7, 11) is 0. The molecule has 40 heavy (non-hydrogen) atoms. The number of alkyl halides is 3. The number of anilines is 1. The molecule has 11 heteroatoms. The quantitative estimate of drug-likeness (QED) is 0.204. The fourth-order valence-corrected chi connectivity index (χ4v) is 3.70. The number of amides is 3. The van der Waals surface area contributed by atoms with Crippen molar-refractivity contribution in [3.63, 3.8) is 0 Å². The molecule has 0 saturated carbocycles. The predicted octanol–water partition coefficient (Wildman–Crippen LogP) is 6.00. The third-order valence-corrected chi connectivity index (χ3v) is 5.86. The van der Waals surface area contributed by atoms with E-state index in [1.54, 1.807) is 36.4 Å². The van der Waals surface area contributed by atoms with Gasteiger partial charge in [0, 0.05) is 17.8 Å². The van der Waals surface area contributed by atoms with Gasteiger partial charge in [0.1, 0.15) is 5.75 Å². The van der Waals surface area contributed by atoms with Crippen molar-refractivity contribution in [1.82, 2.24) is 10.6 Å². The Morgan fingerprint density at radius 2 is 1.50 bits per heavy atom. The van der Waals surface area contributed by atoms with E-state index in [2.05, 4.69) is 22.9 Å². The van der Waals surface area contributed by atoms with Crippen LogP contribution in [0.4, 0.5) is 23.7 Å². The molecule has 1 unspecified atom stereocenters. The van der Waals surface area contributed by atoms with Crippen LogP contribution < -0.4 is 20.7 Å². The Hall–Kier alpha value is -4.54. The number of aliphatic carboxylic acids is 1. The van der Waals surface area contributed by atoms with E-state index < -0.39 is 35.7 Å². The van der Waals surface area contributed by atoms with Crippen molar-refractivity contribution in [2.45, 2.75) is 38.4 Å². The van der Waals surface area contributed by atoms with Crippen LogP contribution in [0.5, 0.6) is 5.75 Å². The van der Waals surface area contributed by atoms with Gasteiger partial charge in [0.15, 0.2) is 0 Å². The Bertz CT molecular complexity index is 1280. The zero-order valence-electron chi connectivity index (χ0n) is 21.8. The first kappa shape index (κ1) is 30.0. The Morgan fingerprint density at radius 3 is 2.05 bits per heavy atom. The Labute approximate surface area is 229 Å².